The van der Waals surface area contributed by atoms with Crippen molar-refractivity contribution in [1.29, 1.82) is 0 Å². The van der Waals surface area contributed by atoms with Crippen LogP contribution in [0, 0.1) is 12.3 Å². The second kappa shape index (κ2) is 8.37. The molecule has 0 radical (unpaired) electrons. The van der Waals surface area contributed by atoms with E-state index in [0.29, 0.717) is 19.5 Å². The lowest BCUT2D eigenvalue weighted by atomic mass is 9.86. The van der Waals surface area contributed by atoms with Gasteiger partial charge in [-0.25, -0.2) is 4.98 Å². The van der Waals surface area contributed by atoms with Crippen molar-refractivity contribution < 1.29 is 9.59 Å². The van der Waals surface area contributed by atoms with E-state index in [1.807, 2.05) is 62.7 Å². The highest BCUT2D eigenvalue weighted by atomic mass is 16.2. The normalized spacial score (nSPS) is 18.0. The number of aromatic nitrogens is 2. The van der Waals surface area contributed by atoms with Crippen LogP contribution < -0.4 is 11.1 Å². The van der Waals surface area contributed by atoms with E-state index in [9.17, 15) is 9.59 Å². The van der Waals surface area contributed by atoms with Gasteiger partial charge in [0.25, 0.3) is 0 Å². The number of carbonyl (C=O) groups excluding carboxylic acids is 2. The molecule has 7 heteroatoms. The molecule has 1 aromatic heterocycles. The van der Waals surface area contributed by atoms with Gasteiger partial charge in [0.2, 0.25) is 11.8 Å². The maximum absolute atomic E-state index is 12.8. The smallest absolute Gasteiger partial charge is 0.243 e. The Kier molecular flexibility index (Phi) is 6.07. The Balaban J connectivity index is 1.60. The fourth-order valence-electron chi connectivity index (χ4n) is 3.58. The zero-order valence-electron chi connectivity index (χ0n) is 17.7. The zero-order valence-corrected chi connectivity index (χ0v) is 17.7. The number of aryl methyl sites for hydroxylation is 1. The molecule has 0 bridgehead atoms. The summed E-state index contributed by atoms with van der Waals surface area (Å²) < 4.78 is 2.00. The Morgan fingerprint density at radius 1 is 1.28 bits per heavy atom. The van der Waals surface area contributed by atoms with Crippen LogP contribution in [-0.4, -0.2) is 44.9 Å². The van der Waals surface area contributed by atoms with Crippen LogP contribution in [0.2, 0.25) is 0 Å². The highest BCUT2D eigenvalue weighted by Gasteiger charge is 2.39. The first-order chi connectivity index (χ1) is 13.7. The molecule has 1 aromatic carbocycles. The highest BCUT2D eigenvalue weighted by Crippen LogP contribution is 2.24. The van der Waals surface area contributed by atoms with Crippen LogP contribution in [0.15, 0.2) is 36.7 Å². The number of carbonyl (C=O) groups is 2. The van der Waals surface area contributed by atoms with Crippen LogP contribution in [0.1, 0.15) is 45.0 Å². The molecule has 0 saturated carbocycles. The van der Waals surface area contributed by atoms with Crippen molar-refractivity contribution in [3.05, 3.63) is 48.0 Å². The third kappa shape index (κ3) is 4.67. The summed E-state index contributed by atoms with van der Waals surface area (Å²) in [4.78, 5) is 31.4. The third-order valence-corrected chi connectivity index (χ3v) is 5.54. The van der Waals surface area contributed by atoms with Gasteiger partial charge in [-0.3, -0.25) is 9.59 Å². The first kappa shape index (κ1) is 21.0. The lowest BCUT2D eigenvalue weighted by molar-refractivity contribution is -0.141. The number of hydrogen-bond acceptors (Lipinski definition) is 4. The topological polar surface area (TPSA) is 93.2 Å². The maximum atomic E-state index is 12.8. The first-order valence-corrected chi connectivity index (χ1v) is 10.1. The number of nitrogens with two attached hydrogens (primary N) is 1. The summed E-state index contributed by atoms with van der Waals surface area (Å²) in [5.41, 5.74) is 7.83. The highest BCUT2D eigenvalue weighted by molar-refractivity contribution is 5.90. The minimum atomic E-state index is -0.616. The van der Waals surface area contributed by atoms with E-state index in [2.05, 4.69) is 10.3 Å². The van der Waals surface area contributed by atoms with Gasteiger partial charge in [0.1, 0.15) is 11.9 Å². The van der Waals surface area contributed by atoms with Crippen LogP contribution in [0.3, 0.4) is 0 Å². The van der Waals surface area contributed by atoms with E-state index >= 15 is 0 Å². The number of benzene rings is 1. The molecule has 2 unspecified atom stereocenters. The Hall–Kier alpha value is -2.67. The maximum Gasteiger partial charge on any atom is 0.243 e. The van der Waals surface area contributed by atoms with Crippen molar-refractivity contribution in [2.75, 3.05) is 6.54 Å². The molecule has 0 aliphatic carbocycles. The molecule has 1 aliphatic heterocycles. The summed E-state index contributed by atoms with van der Waals surface area (Å²) in [7, 11) is 0. The lowest BCUT2D eigenvalue weighted by Gasteiger charge is -2.32. The standard InChI is InChI=1S/C22H31N5O2/c1-15-24-11-13-26(15)17-9-7-16(8-10-17)14-25-20(28)18-6-5-12-27(18)21(29)19(23)22(2,3)4/h7-11,13,18-19H,5-6,12,14,23H2,1-4H3,(H,25,28). The molecule has 2 amide bonds. The quantitative estimate of drug-likeness (QED) is 0.809. The van der Waals surface area contributed by atoms with Crippen molar-refractivity contribution in [3.63, 3.8) is 0 Å². The second-order valence-corrected chi connectivity index (χ2v) is 8.76. The Labute approximate surface area is 172 Å². The van der Waals surface area contributed by atoms with E-state index in [4.69, 9.17) is 5.73 Å². The average molecular weight is 398 g/mol. The minimum absolute atomic E-state index is 0.119. The molecule has 1 saturated heterocycles. The molecule has 156 valence electrons. The molecule has 7 nitrogen and oxygen atoms in total. The van der Waals surface area contributed by atoms with Gasteiger partial charge in [-0.05, 0) is 42.9 Å². The fraction of sp³-hybridized carbons (Fsp3) is 0.500. The molecule has 0 spiro atoms. The van der Waals surface area contributed by atoms with Gasteiger partial charge in [-0.15, -0.1) is 0 Å². The van der Waals surface area contributed by atoms with E-state index in [1.54, 1.807) is 11.1 Å². The Morgan fingerprint density at radius 2 is 1.97 bits per heavy atom. The van der Waals surface area contributed by atoms with Gasteiger partial charge < -0.3 is 20.5 Å². The van der Waals surface area contributed by atoms with Crippen LogP contribution in [0.5, 0.6) is 0 Å². The molecule has 2 atom stereocenters. The van der Waals surface area contributed by atoms with Crippen molar-refractivity contribution in [3.8, 4) is 5.69 Å². The Bertz CT molecular complexity index is 866. The molecule has 2 aromatic rings. The van der Waals surface area contributed by atoms with Crippen molar-refractivity contribution in [1.82, 2.24) is 19.8 Å². The van der Waals surface area contributed by atoms with Crippen molar-refractivity contribution >= 4 is 11.8 Å². The van der Waals surface area contributed by atoms with E-state index in [0.717, 1.165) is 23.5 Å². The molecule has 3 N–H and O–H groups in total. The van der Waals surface area contributed by atoms with Gasteiger partial charge in [0, 0.05) is 31.2 Å². The SMILES string of the molecule is Cc1nccn1-c1ccc(CNC(=O)C2CCCN2C(=O)C(N)C(C)(C)C)cc1. The number of rotatable bonds is 5. The molecular formula is C22H31N5O2. The van der Waals surface area contributed by atoms with Gasteiger partial charge >= 0.3 is 0 Å². The molecule has 3 rings (SSSR count). The molecule has 29 heavy (non-hydrogen) atoms. The number of hydrogen-bond donors (Lipinski definition) is 2. The molecular weight excluding hydrogens is 366 g/mol. The molecule has 2 heterocycles. The number of amides is 2. The monoisotopic (exact) mass is 397 g/mol. The van der Waals surface area contributed by atoms with Gasteiger partial charge in [0.05, 0.1) is 6.04 Å². The summed E-state index contributed by atoms with van der Waals surface area (Å²) in [5, 5.41) is 2.98. The largest absolute Gasteiger partial charge is 0.350 e. The lowest BCUT2D eigenvalue weighted by Crippen LogP contribution is -2.54. The summed E-state index contributed by atoms with van der Waals surface area (Å²) in [6, 6.07) is 6.93. The van der Waals surface area contributed by atoms with Gasteiger partial charge in [-0.2, -0.15) is 0 Å². The second-order valence-electron chi connectivity index (χ2n) is 8.76. The number of imidazole rings is 1. The number of likely N-dealkylation sites (tertiary alicyclic amines) is 1. The van der Waals surface area contributed by atoms with Crippen LogP contribution in [0.4, 0.5) is 0 Å². The first-order valence-electron chi connectivity index (χ1n) is 10.1. The molecule has 1 fully saturated rings. The Morgan fingerprint density at radius 3 is 2.55 bits per heavy atom. The minimum Gasteiger partial charge on any atom is -0.350 e. The zero-order chi connectivity index (χ0) is 21.2. The summed E-state index contributed by atoms with van der Waals surface area (Å²) in [6.45, 7) is 8.78. The fourth-order valence-corrected chi connectivity index (χ4v) is 3.58. The van der Waals surface area contributed by atoms with Crippen LogP contribution in [-0.2, 0) is 16.1 Å². The summed E-state index contributed by atoms with van der Waals surface area (Å²) in [6.07, 6.45) is 5.18. The van der Waals surface area contributed by atoms with E-state index in [-0.39, 0.29) is 17.2 Å². The predicted molar refractivity (Wildman–Crippen MR) is 112 cm³/mol. The van der Waals surface area contributed by atoms with Gasteiger partial charge in [-0.1, -0.05) is 32.9 Å². The van der Waals surface area contributed by atoms with Crippen LogP contribution >= 0.6 is 0 Å². The van der Waals surface area contributed by atoms with Crippen molar-refractivity contribution in [2.24, 2.45) is 11.1 Å². The van der Waals surface area contributed by atoms with E-state index in [1.165, 1.54) is 0 Å². The predicted octanol–water partition coefficient (Wildman–Crippen LogP) is 2.16. The summed E-state index contributed by atoms with van der Waals surface area (Å²) in [5.74, 6) is 0.659. The molecule has 1 aliphatic rings. The van der Waals surface area contributed by atoms with E-state index < -0.39 is 12.1 Å². The summed E-state index contributed by atoms with van der Waals surface area (Å²) >= 11 is 0. The third-order valence-electron chi connectivity index (χ3n) is 5.54. The number of nitrogens with one attached hydrogen (secondary N) is 1. The van der Waals surface area contributed by atoms with Crippen LogP contribution in [0.25, 0.3) is 5.69 Å². The number of nitrogens with zero attached hydrogens (tertiary/aromatic N) is 3. The average Bonchev–Trinajstić information content (AvgIpc) is 3.33. The van der Waals surface area contributed by atoms with Crippen molar-refractivity contribution in [2.45, 2.75) is 59.2 Å². The van der Waals surface area contributed by atoms with Gasteiger partial charge in [0.15, 0.2) is 0 Å².